The van der Waals surface area contributed by atoms with Gasteiger partial charge in [-0.2, -0.15) is 13.2 Å². The highest BCUT2D eigenvalue weighted by atomic mass is 19.4. The fourth-order valence-corrected chi connectivity index (χ4v) is 1.93. The van der Waals surface area contributed by atoms with Crippen LogP contribution in [0.15, 0.2) is 47.1 Å². The van der Waals surface area contributed by atoms with Crippen molar-refractivity contribution in [2.24, 2.45) is 0 Å². The highest BCUT2D eigenvalue weighted by Gasteiger charge is 2.30. The van der Waals surface area contributed by atoms with E-state index in [1.165, 1.54) is 24.4 Å². The molecular weight excluding hydrogens is 274 g/mol. The summed E-state index contributed by atoms with van der Waals surface area (Å²) in [5, 5.41) is 0.269. The van der Waals surface area contributed by atoms with Crippen LogP contribution in [0.3, 0.4) is 0 Å². The zero-order valence-electron chi connectivity index (χ0n) is 9.91. The molecule has 102 valence electrons. The van der Waals surface area contributed by atoms with Crippen LogP contribution in [0.2, 0.25) is 0 Å². The SMILES string of the molecule is Fc1cnccc1-c1cc2cc(C(F)(F)F)ccc2o1. The molecule has 0 spiro atoms. The van der Waals surface area contributed by atoms with Crippen LogP contribution >= 0.6 is 0 Å². The minimum Gasteiger partial charge on any atom is -0.456 e. The number of aromatic nitrogens is 1. The van der Waals surface area contributed by atoms with Gasteiger partial charge in [-0.3, -0.25) is 4.98 Å². The molecule has 0 amide bonds. The van der Waals surface area contributed by atoms with E-state index in [9.17, 15) is 17.6 Å². The molecule has 0 aliphatic carbocycles. The smallest absolute Gasteiger partial charge is 0.416 e. The molecule has 20 heavy (non-hydrogen) atoms. The molecule has 2 aromatic heterocycles. The molecule has 0 fully saturated rings. The number of pyridine rings is 1. The predicted molar refractivity (Wildman–Crippen MR) is 64.4 cm³/mol. The average molecular weight is 281 g/mol. The van der Waals surface area contributed by atoms with Gasteiger partial charge in [-0.05, 0) is 30.3 Å². The second-order valence-corrected chi connectivity index (χ2v) is 4.22. The Morgan fingerprint density at radius 1 is 1.05 bits per heavy atom. The Kier molecular flexibility index (Phi) is 2.74. The second-order valence-electron chi connectivity index (χ2n) is 4.22. The van der Waals surface area contributed by atoms with Crippen molar-refractivity contribution in [2.75, 3.05) is 0 Å². The first-order valence-corrected chi connectivity index (χ1v) is 5.66. The zero-order chi connectivity index (χ0) is 14.3. The van der Waals surface area contributed by atoms with Crippen molar-refractivity contribution >= 4 is 11.0 Å². The molecule has 0 aliphatic heterocycles. The first-order valence-electron chi connectivity index (χ1n) is 5.66. The molecule has 0 unspecified atom stereocenters. The average Bonchev–Trinajstić information content (AvgIpc) is 2.80. The maximum absolute atomic E-state index is 13.6. The molecule has 0 saturated heterocycles. The first-order chi connectivity index (χ1) is 9.45. The van der Waals surface area contributed by atoms with Gasteiger partial charge in [-0.1, -0.05) is 0 Å². The van der Waals surface area contributed by atoms with E-state index in [-0.39, 0.29) is 22.3 Å². The number of rotatable bonds is 1. The third kappa shape index (κ3) is 2.13. The summed E-state index contributed by atoms with van der Waals surface area (Å²) in [5.41, 5.74) is -0.346. The highest BCUT2D eigenvalue weighted by Crippen LogP contribution is 2.34. The molecule has 6 heteroatoms. The quantitative estimate of drug-likeness (QED) is 0.607. The molecule has 0 bridgehead atoms. The summed E-state index contributed by atoms with van der Waals surface area (Å²) in [5.74, 6) is -0.429. The molecule has 1 aromatic carbocycles. The van der Waals surface area contributed by atoms with E-state index in [1.54, 1.807) is 0 Å². The van der Waals surface area contributed by atoms with E-state index in [4.69, 9.17) is 4.42 Å². The Labute approximate surface area is 110 Å². The summed E-state index contributed by atoms with van der Waals surface area (Å²) < 4.78 is 56.8. The van der Waals surface area contributed by atoms with Gasteiger partial charge in [0, 0.05) is 11.6 Å². The number of hydrogen-bond acceptors (Lipinski definition) is 2. The zero-order valence-corrected chi connectivity index (χ0v) is 9.91. The lowest BCUT2D eigenvalue weighted by Crippen LogP contribution is -2.03. The Morgan fingerprint density at radius 3 is 2.55 bits per heavy atom. The lowest BCUT2D eigenvalue weighted by molar-refractivity contribution is -0.137. The topological polar surface area (TPSA) is 26.0 Å². The second kappa shape index (κ2) is 4.33. The number of fused-ring (bicyclic) bond motifs is 1. The maximum Gasteiger partial charge on any atom is 0.416 e. The fraction of sp³-hybridized carbons (Fsp3) is 0.0714. The molecule has 3 rings (SSSR count). The normalized spacial score (nSPS) is 12.0. The molecule has 2 nitrogen and oxygen atoms in total. The van der Waals surface area contributed by atoms with Gasteiger partial charge < -0.3 is 4.42 Å². The largest absolute Gasteiger partial charge is 0.456 e. The summed E-state index contributed by atoms with van der Waals surface area (Å²) in [7, 11) is 0. The van der Waals surface area contributed by atoms with E-state index in [0.29, 0.717) is 0 Å². The van der Waals surface area contributed by atoms with Crippen molar-refractivity contribution in [2.45, 2.75) is 6.18 Å². The summed E-state index contributed by atoms with van der Waals surface area (Å²) in [4.78, 5) is 3.61. The number of benzene rings is 1. The van der Waals surface area contributed by atoms with Crippen LogP contribution in [0, 0.1) is 5.82 Å². The van der Waals surface area contributed by atoms with Crippen LogP contribution in [-0.2, 0) is 6.18 Å². The van der Waals surface area contributed by atoms with E-state index in [1.807, 2.05) is 0 Å². The van der Waals surface area contributed by atoms with Gasteiger partial charge in [-0.25, -0.2) is 4.39 Å². The summed E-state index contributed by atoms with van der Waals surface area (Å²) in [6, 6.07) is 5.90. The van der Waals surface area contributed by atoms with Crippen molar-refractivity contribution in [3.8, 4) is 11.3 Å². The van der Waals surface area contributed by atoms with Gasteiger partial charge in [-0.15, -0.1) is 0 Å². The third-order valence-electron chi connectivity index (χ3n) is 2.88. The molecule has 0 N–H and O–H groups in total. The van der Waals surface area contributed by atoms with E-state index < -0.39 is 17.6 Å². The Balaban J connectivity index is 2.14. The molecule has 2 heterocycles. The van der Waals surface area contributed by atoms with Crippen molar-refractivity contribution in [3.05, 3.63) is 54.1 Å². The van der Waals surface area contributed by atoms with Gasteiger partial charge in [0.25, 0.3) is 0 Å². The fourth-order valence-electron chi connectivity index (χ4n) is 1.93. The monoisotopic (exact) mass is 281 g/mol. The standard InChI is InChI=1S/C14H7F4NO/c15-11-7-19-4-3-10(11)13-6-8-5-9(14(16,17)18)1-2-12(8)20-13/h1-7H. The van der Waals surface area contributed by atoms with E-state index >= 15 is 0 Å². The molecule has 0 radical (unpaired) electrons. The lowest BCUT2D eigenvalue weighted by Gasteiger charge is -2.04. The lowest BCUT2D eigenvalue weighted by atomic mass is 10.1. The predicted octanol–water partition coefficient (Wildman–Crippen LogP) is 4.65. The van der Waals surface area contributed by atoms with Crippen molar-refractivity contribution in [3.63, 3.8) is 0 Å². The number of furan rings is 1. The van der Waals surface area contributed by atoms with Gasteiger partial charge >= 0.3 is 6.18 Å². The number of alkyl halides is 3. The van der Waals surface area contributed by atoms with E-state index in [0.717, 1.165) is 18.3 Å². The minimum atomic E-state index is -4.42. The van der Waals surface area contributed by atoms with Crippen LogP contribution in [0.5, 0.6) is 0 Å². The Bertz CT molecular complexity index is 776. The van der Waals surface area contributed by atoms with Crippen LogP contribution in [0.4, 0.5) is 17.6 Å². The molecule has 0 aliphatic rings. The van der Waals surface area contributed by atoms with Gasteiger partial charge in [0.05, 0.1) is 17.3 Å². The third-order valence-corrected chi connectivity index (χ3v) is 2.88. The van der Waals surface area contributed by atoms with Crippen LogP contribution in [-0.4, -0.2) is 4.98 Å². The summed E-state index contributed by atoms with van der Waals surface area (Å²) in [6.45, 7) is 0. The van der Waals surface area contributed by atoms with Crippen molar-refractivity contribution in [1.29, 1.82) is 0 Å². The minimum absolute atomic E-state index is 0.157. The van der Waals surface area contributed by atoms with Crippen LogP contribution < -0.4 is 0 Å². The number of hydrogen-bond donors (Lipinski definition) is 0. The van der Waals surface area contributed by atoms with Gasteiger partial charge in [0.1, 0.15) is 11.3 Å². The molecule has 3 aromatic rings. The van der Waals surface area contributed by atoms with Gasteiger partial charge in [0.15, 0.2) is 5.82 Å². The first kappa shape index (κ1) is 12.7. The highest BCUT2D eigenvalue weighted by molar-refractivity contribution is 5.83. The number of nitrogens with zero attached hydrogens (tertiary/aromatic N) is 1. The summed E-state index contributed by atoms with van der Waals surface area (Å²) in [6.07, 6.45) is -2.02. The Morgan fingerprint density at radius 2 is 1.85 bits per heavy atom. The maximum atomic E-state index is 13.6. The molecular formula is C14H7F4NO. The molecule has 0 atom stereocenters. The molecule has 0 saturated carbocycles. The van der Waals surface area contributed by atoms with Crippen LogP contribution in [0.1, 0.15) is 5.56 Å². The Hall–Kier alpha value is -2.37. The van der Waals surface area contributed by atoms with Crippen molar-refractivity contribution in [1.82, 2.24) is 4.98 Å². The van der Waals surface area contributed by atoms with Crippen LogP contribution in [0.25, 0.3) is 22.3 Å². The van der Waals surface area contributed by atoms with Crippen molar-refractivity contribution < 1.29 is 22.0 Å². The summed E-state index contributed by atoms with van der Waals surface area (Å²) >= 11 is 0. The number of halogens is 4. The van der Waals surface area contributed by atoms with Gasteiger partial charge in [0.2, 0.25) is 0 Å². The van der Waals surface area contributed by atoms with E-state index in [2.05, 4.69) is 4.98 Å².